The molecule has 1 N–H and O–H groups in total. The minimum atomic E-state index is 0.340. The zero-order chi connectivity index (χ0) is 9.84. The summed E-state index contributed by atoms with van der Waals surface area (Å²) in [5.41, 5.74) is 2.43. The molecule has 0 aliphatic carbocycles. The Hall–Kier alpha value is -1.24. The van der Waals surface area contributed by atoms with E-state index in [2.05, 4.69) is 13.5 Å². The van der Waals surface area contributed by atoms with Crippen molar-refractivity contribution in [1.82, 2.24) is 0 Å². The van der Waals surface area contributed by atoms with E-state index in [0.29, 0.717) is 11.7 Å². The number of allylic oxidation sites excluding steroid dienone is 1. The van der Waals surface area contributed by atoms with E-state index in [-0.39, 0.29) is 0 Å². The molecule has 0 aliphatic rings. The van der Waals surface area contributed by atoms with Gasteiger partial charge in [0.15, 0.2) is 0 Å². The topological polar surface area (TPSA) is 20.2 Å². The van der Waals surface area contributed by atoms with Crippen LogP contribution in [-0.4, -0.2) is 5.11 Å². The fourth-order valence-electron chi connectivity index (χ4n) is 1.34. The van der Waals surface area contributed by atoms with Crippen molar-refractivity contribution in [3.8, 4) is 5.75 Å². The van der Waals surface area contributed by atoms with Crippen molar-refractivity contribution in [2.24, 2.45) is 5.92 Å². The summed E-state index contributed by atoms with van der Waals surface area (Å²) in [5.74, 6) is 0.829. The predicted octanol–water partition coefficient (Wildman–Crippen LogP) is 3.07. The molecule has 0 spiro atoms. The Morgan fingerprint density at radius 2 is 2.23 bits per heavy atom. The smallest absolute Gasteiger partial charge is 0.115 e. The highest BCUT2D eigenvalue weighted by molar-refractivity contribution is 5.34. The molecule has 13 heavy (non-hydrogen) atoms. The van der Waals surface area contributed by atoms with Crippen LogP contribution in [0.4, 0.5) is 0 Å². The standard InChI is InChI=1S/C12H16O/c1-4-9(2)7-11-5-6-12(13)8-10(11)3/h4-6,8-9,13H,1,7H2,2-3H3. The molecular weight excluding hydrogens is 160 g/mol. The van der Waals surface area contributed by atoms with Gasteiger partial charge in [0.25, 0.3) is 0 Å². The lowest BCUT2D eigenvalue weighted by atomic mass is 9.97. The molecule has 0 bridgehead atoms. The fraction of sp³-hybridized carbons (Fsp3) is 0.333. The van der Waals surface area contributed by atoms with Crippen molar-refractivity contribution in [2.45, 2.75) is 20.3 Å². The second-order valence-electron chi connectivity index (χ2n) is 3.53. The van der Waals surface area contributed by atoms with Crippen LogP contribution in [0.25, 0.3) is 0 Å². The SMILES string of the molecule is C=CC(C)Cc1ccc(O)cc1C. The highest BCUT2D eigenvalue weighted by Gasteiger charge is 2.02. The predicted molar refractivity (Wildman–Crippen MR) is 55.9 cm³/mol. The van der Waals surface area contributed by atoms with E-state index < -0.39 is 0 Å². The van der Waals surface area contributed by atoms with E-state index in [1.54, 1.807) is 12.1 Å². The van der Waals surface area contributed by atoms with Crippen LogP contribution in [0, 0.1) is 12.8 Å². The number of hydrogen-bond donors (Lipinski definition) is 1. The Kier molecular flexibility index (Phi) is 3.13. The number of aryl methyl sites for hydroxylation is 1. The summed E-state index contributed by atoms with van der Waals surface area (Å²) in [6, 6.07) is 5.51. The molecule has 70 valence electrons. The molecule has 0 fully saturated rings. The Morgan fingerprint density at radius 1 is 1.54 bits per heavy atom. The van der Waals surface area contributed by atoms with Gasteiger partial charge in [-0.25, -0.2) is 0 Å². The van der Waals surface area contributed by atoms with Crippen molar-refractivity contribution in [3.63, 3.8) is 0 Å². The number of phenols is 1. The Bertz CT molecular complexity index is 302. The second kappa shape index (κ2) is 4.13. The zero-order valence-corrected chi connectivity index (χ0v) is 8.25. The van der Waals surface area contributed by atoms with Gasteiger partial charge in [-0.3, -0.25) is 0 Å². The fourth-order valence-corrected chi connectivity index (χ4v) is 1.34. The van der Waals surface area contributed by atoms with Crippen LogP contribution >= 0.6 is 0 Å². The molecule has 0 heterocycles. The van der Waals surface area contributed by atoms with Gasteiger partial charge in [-0.2, -0.15) is 0 Å². The summed E-state index contributed by atoms with van der Waals surface area (Å²) in [6.07, 6.45) is 2.95. The van der Waals surface area contributed by atoms with Crippen LogP contribution < -0.4 is 0 Å². The van der Waals surface area contributed by atoms with Crippen molar-refractivity contribution in [3.05, 3.63) is 42.0 Å². The summed E-state index contributed by atoms with van der Waals surface area (Å²) >= 11 is 0. The maximum atomic E-state index is 9.21. The lowest BCUT2D eigenvalue weighted by Crippen LogP contribution is -1.97. The molecule has 1 nitrogen and oxygen atoms in total. The van der Waals surface area contributed by atoms with E-state index in [4.69, 9.17) is 0 Å². The Balaban J connectivity index is 2.83. The van der Waals surface area contributed by atoms with Crippen molar-refractivity contribution in [2.75, 3.05) is 0 Å². The molecule has 0 amide bonds. The van der Waals surface area contributed by atoms with Gasteiger partial charge < -0.3 is 5.11 Å². The molecule has 1 aromatic carbocycles. The molecular formula is C12H16O. The third-order valence-electron chi connectivity index (χ3n) is 2.27. The molecule has 1 rings (SSSR count). The van der Waals surface area contributed by atoms with Gasteiger partial charge in [-0.15, -0.1) is 6.58 Å². The maximum Gasteiger partial charge on any atom is 0.115 e. The molecule has 1 aromatic rings. The molecule has 1 heteroatoms. The molecule has 0 radical (unpaired) electrons. The van der Waals surface area contributed by atoms with E-state index in [0.717, 1.165) is 12.0 Å². The zero-order valence-electron chi connectivity index (χ0n) is 8.25. The first kappa shape index (κ1) is 9.85. The first-order valence-corrected chi connectivity index (χ1v) is 4.54. The quantitative estimate of drug-likeness (QED) is 0.702. The first-order valence-electron chi connectivity index (χ1n) is 4.54. The minimum absolute atomic E-state index is 0.340. The van der Waals surface area contributed by atoms with Gasteiger partial charge in [0.2, 0.25) is 0 Å². The highest BCUT2D eigenvalue weighted by Crippen LogP contribution is 2.18. The lowest BCUT2D eigenvalue weighted by Gasteiger charge is -2.09. The van der Waals surface area contributed by atoms with E-state index in [1.807, 2.05) is 19.1 Å². The summed E-state index contributed by atoms with van der Waals surface area (Å²) in [7, 11) is 0. The van der Waals surface area contributed by atoms with Crippen LogP contribution in [0.5, 0.6) is 5.75 Å². The van der Waals surface area contributed by atoms with Crippen LogP contribution in [0.2, 0.25) is 0 Å². The molecule has 0 saturated heterocycles. The highest BCUT2D eigenvalue weighted by atomic mass is 16.3. The molecule has 0 saturated carbocycles. The van der Waals surface area contributed by atoms with Crippen molar-refractivity contribution >= 4 is 0 Å². The average molecular weight is 176 g/mol. The number of rotatable bonds is 3. The van der Waals surface area contributed by atoms with Gasteiger partial charge in [-0.05, 0) is 42.5 Å². The maximum absolute atomic E-state index is 9.21. The third-order valence-corrected chi connectivity index (χ3v) is 2.27. The van der Waals surface area contributed by atoms with Gasteiger partial charge >= 0.3 is 0 Å². The van der Waals surface area contributed by atoms with Gasteiger partial charge in [0.05, 0.1) is 0 Å². The van der Waals surface area contributed by atoms with Gasteiger partial charge in [0, 0.05) is 0 Å². The molecule has 1 atom stereocenters. The van der Waals surface area contributed by atoms with Crippen molar-refractivity contribution in [1.29, 1.82) is 0 Å². The minimum Gasteiger partial charge on any atom is -0.508 e. The van der Waals surface area contributed by atoms with Crippen LogP contribution in [0.15, 0.2) is 30.9 Å². The third kappa shape index (κ3) is 2.62. The number of phenolic OH excluding ortho intramolecular Hbond substituents is 1. The summed E-state index contributed by atoms with van der Waals surface area (Å²) in [5, 5.41) is 9.21. The summed E-state index contributed by atoms with van der Waals surface area (Å²) in [4.78, 5) is 0. The second-order valence-corrected chi connectivity index (χ2v) is 3.53. The van der Waals surface area contributed by atoms with E-state index >= 15 is 0 Å². The van der Waals surface area contributed by atoms with Crippen LogP contribution in [-0.2, 0) is 6.42 Å². The van der Waals surface area contributed by atoms with E-state index in [9.17, 15) is 5.11 Å². The molecule has 0 aromatic heterocycles. The first-order chi connectivity index (χ1) is 6.13. The normalized spacial score (nSPS) is 12.5. The lowest BCUT2D eigenvalue weighted by molar-refractivity contribution is 0.474. The van der Waals surface area contributed by atoms with Crippen LogP contribution in [0.1, 0.15) is 18.1 Å². The molecule has 1 unspecified atom stereocenters. The summed E-state index contributed by atoms with van der Waals surface area (Å²) in [6.45, 7) is 7.91. The average Bonchev–Trinajstić information content (AvgIpc) is 2.09. The Labute approximate surface area is 79.7 Å². The van der Waals surface area contributed by atoms with Gasteiger partial charge in [0.1, 0.15) is 5.75 Å². The largest absolute Gasteiger partial charge is 0.508 e. The van der Waals surface area contributed by atoms with Crippen LogP contribution in [0.3, 0.4) is 0 Å². The number of aromatic hydroxyl groups is 1. The molecule has 0 aliphatic heterocycles. The number of benzene rings is 1. The van der Waals surface area contributed by atoms with Crippen molar-refractivity contribution < 1.29 is 5.11 Å². The number of hydrogen-bond acceptors (Lipinski definition) is 1. The monoisotopic (exact) mass is 176 g/mol. The Morgan fingerprint density at radius 3 is 2.77 bits per heavy atom. The van der Waals surface area contributed by atoms with Gasteiger partial charge in [-0.1, -0.05) is 19.1 Å². The summed E-state index contributed by atoms with van der Waals surface area (Å²) < 4.78 is 0. The van der Waals surface area contributed by atoms with E-state index in [1.165, 1.54) is 5.56 Å².